The SMILES string of the molecule is CCCc1ccc(CCCCCCCC2CCCOC2=O)cc1. The van der Waals surface area contributed by atoms with E-state index >= 15 is 0 Å². The van der Waals surface area contributed by atoms with Gasteiger partial charge < -0.3 is 4.74 Å². The molecule has 0 radical (unpaired) electrons. The molecule has 128 valence electrons. The monoisotopic (exact) mass is 316 g/mol. The number of rotatable bonds is 10. The van der Waals surface area contributed by atoms with E-state index in [0.717, 1.165) is 19.3 Å². The molecule has 1 heterocycles. The molecular weight excluding hydrogens is 284 g/mol. The molecule has 1 aromatic carbocycles. The van der Waals surface area contributed by atoms with Gasteiger partial charge in [0.15, 0.2) is 0 Å². The second kappa shape index (κ2) is 10.5. The Morgan fingerprint density at radius 1 is 0.957 bits per heavy atom. The zero-order chi connectivity index (χ0) is 16.3. The van der Waals surface area contributed by atoms with Crippen LogP contribution in [0.3, 0.4) is 0 Å². The predicted molar refractivity (Wildman–Crippen MR) is 95.5 cm³/mol. The highest BCUT2D eigenvalue weighted by molar-refractivity contribution is 5.72. The van der Waals surface area contributed by atoms with Crippen molar-refractivity contribution in [3.63, 3.8) is 0 Å². The molecule has 1 fully saturated rings. The molecule has 2 nitrogen and oxygen atoms in total. The third-order valence-electron chi connectivity index (χ3n) is 4.85. The van der Waals surface area contributed by atoms with Gasteiger partial charge in [-0.3, -0.25) is 4.79 Å². The summed E-state index contributed by atoms with van der Waals surface area (Å²) in [5.74, 6) is 0.230. The normalized spacial score (nSPS) is 18.0. The predicted octanol–water partition coefficient (Wildman–Crippen LogP) is 5.48. The van der Waals surface area contributed by atoms with E-state index in [1.807, 2.05) is 0 Å². The van der Waals surface area contributed by atoms with Gasteiger partial charge in [0.05, 0.1) is 12.5 Å². The van der Waals surface area contributed by atoms with Gasteiger partial charge in [0.25, 0.3) is 0 Å². The molecular formula is C21H32O2. The number of esters is 1. The minimum Gasteiger partial charge on any atom is -0.465 e. The second-order valence-corrected chi connectivity index (χ2v) is 6.88. The summed E-state index contributed by atoms with van der Waals surface area (Å²) < 4.78 is 5.12. The zero-order valence-electron chi connectivity index (χ0n) is 14.7. The van der Waals surface area contributed by atoms with Crippen molar-refractivity contribution in [1.82, 2.24) is 0 Å². The van der Waals surface area contributed by atoms with Gasteiger partial charge >= 0.3 is 5.97 Å². The third-order valence-corrected chi connectivity index (χ3v) is 4.85. The van der Waals surface area contributed by atoms with E-state index in [0.29, 0.717) is 6.61 Å². The fourth-order valence-electron chi connectivity index (χ4n) is 3.41. The lowest BCUT2D eigenvalue weighted by Gasteiger charge is -2.20. The first-order chi connectivity index (χ1) is 11.3. The van der Waals surface area contributed by atoms with Crippen molar-refractivity contribution in [2.24, 2.45) is 5.92 Å². The van der Waals surface area contributed by atoms with Crippen LogP contribution in [0, 0.1) is 5.92 Å². The van der Waals surface area contributed by atoms with E-state index in [4.69, 9.17) is 4.74 Å². The van der Waals surface area contributed by atoms with Gasteiger partial charge in [-0.15, -0.1) is 0 Å². The Labute approximate surface area is 141 Å². The molecule has 23 heavy (non-hydrogen) atoms. The van der Waals surface area contributed by atoms with E-state index in [9.17, 15) is 4.79 Å². The Balaban J connectivity index is 1.49. The summed E-state index contributed by atoms with van der Waals surface area (Å²) in [6.07, 6.45) is 13.0. The number of ether oxygens (including phenoxy) is 1. The fourth-order valence-corrected chi connectivity index (χ4v) is 3.41. The Kier molecular flexibility index (Phi) is 8.20. The van der Waals surface area contributed by atoms with Crippen LogP contribution in [0.15, 0.2) is 24.3 Å². The number of unbranched alkanes of at least 4 members (excludes halogenated alkanes) is 4. The maximum absolute atomic E-state index is 11.6. The van der Waals surface area contributed by atoms with Crippen molar-refractivity contribution >= 4 is 5.97 Å². The summed E-state index contributed by atoms with van der Waals surface area (Å²) in [4.78, 5) is 11.6. The van der Waals surface area contributed by atoms with Crippen molar-refractivity contribution < 1.29 is 9.53 Å². The molecule has 1 aromatic rings. The van der Waals surface area contributed by atoms with E-state index in [1.165, 1.54) is 62.5 Å². The molecule has 0 aromatic heterocycles. The highest BCUT2D eigenvalue weighted by atomic mass is 16.5. The van der Waals surface area contributed by atoms with Crippen LogP contribution in [0.5, 0.6) is 0 Å². The maximum Gasteiger partial charge on any atom is 0.308 e. The standard InChI is InChI=1S/C21H32O2/c1-2-9-18-13-15-19(16-14-18)10-6-4-3-5-7-11-20-12-8-17-23-21(20)22/h13-16,20H,2-12,17H2,1H3. The van der Waals surface area contributed by atoms with Gasteiger partial charge in [-0.25, -0.2) is 0 Å². The lowest BCUT2D eigenvalue weighted by Crippen LogP contribution is -2.23. The van der Waals surface area contributed by atoms with E-state index < -0.39 is 0 Å². The first kappa shape index (κ1) is 18.0. The Morgan fingerprint density at radius 3 is 2.30 bits per heavy atom. The van der Waals surface area contributed by atoms with Gasteiger partial charge in [0, 0.05) is 0 Å². The van der Waals surface area contributed by atoms with Gasteiger partial charge in [0.1, 0.15) is 0 Å². The van der Waals surface area contributed by atoms with Gasteiger partial charge in [0.2, 0.25) is 0 Å². The highest BCUT2D eigenvalue weighted by Gasteiger charge is 2.22. The van der Waals surface area contributed by atoms with Gasteiger partial charge in [-0.05, 0) is 49.7 Å². The Hall–Kier alpha value is -1.31. The number of benzene rings is 1. The summed E-state index contributed by atoms with van der Waals surface area (Å²) in [6, 6.07) is 9.14. The van der Waals surface area contributed by atoms with Crippen molar-refractivity contribution in [1.29, 1.82) is 0 Å². The summed E-state index contributed by atoms with van der Waals surface area (Å²) in [7, 11) is 0. The van der Waals surface area contributed by atoms with Crippen LogP contribution in [0.1, 0.15) is 75.8 Å². The van der Waals surface area contributed by atoms with Crippen molar-refractivity contribution in [3.8, 4) is 0 Å². The smallest absolute Gasteiger partial charge is 0.308 e. The molecule has 1 aliphatic heterocycles. The number of hydrogen-bond acceptors (Lipinski definition) is 2. The number of hydrogen-bond donors (Lipinski definition) is 0. The van der Waals surface area contributed by atoms with Crippen molar-refractivity contribution in [3.05, 3.63) is 35.4 Å². The molecule has 1 unspecified atom stereocenters. The molecule has 1 atom stereocenters. The summed E-state index contributed by atoms with van der Waals surface area (Å²) in [5.41, 5.74) is 2.92. The van der Waals surface area contributed by atoms with Crippen molar-refractivity contribution in [2.75, 3.05) is 6.61 Å². The highest BCUT2D eigenvalue weighted by Crippen LogP contribution is 2.22. The summed E-state index contributed by atoms with van der Waals surface area (Å²) in [5, 5.41) is 0. The first-order valence-electron chi connectivity index (χ1n) is 9.54. The van der Waals surface area contributed by atoms with Crippen LogP contribution in [0.4, 0.5) is 0 Å². The van der Waals surface area contributed by atoms with Crippen LogP contribution in [-0.2, 0) is 22.4 Å². The average molecular weight is 316 g/mol. The molecule has 0 bridgehead atoms. The van der Waals surface area contributed by atoms with E-state index in [1.54, 1.807) is 0 Å². The number of carbonyl (C=O) groups is 1. The largest absolute Gasteiger partial charge is 0.465 e. The molecule has 0 spiro atoms. The third kappa shape index (κ3) is 6.76. The second-order valence-electron chi connectivity index (χ2n) is 6.88. The molecule has 0 amide bonds. The van der Waals surface area contributed by atoms with E-state index in [-0.39, 0.29) is 11.9 Å². The summed E-state index contributed by atoms with van der Waals surface area (Å²) in [6.45, 7) is 2.86. The molecule has 0 N–H and O–H groups in total. The molecule has 2 rings (SSSR count). The molecule has 1 saturated heterocycles. The van der Waals surface area contributed by atoms with Gasteiger partial charge in [-0.2, -0.15) is 0 Å². The molecule has 1 aliphatic rings. The Morgan fingerprint density at radius 2 is 1.61 bits per heavy atom. The number of carbonyl (C=O) groups excluding carboxylic acids is 1. The van der Waals surface area contributed by atoms with Crippen LogP contribution >= 0.6 is 0 Å². The lowest BCUT2D eigenvalue weighted by atomic mass is 9.94. The van der Waals surface area contributed by atoms with Gasteiger partial charge in [-0.1, -0.05) is 63.3 Å². The summed E-state index contributed by atoms with van der Waals surface area (Å²) >= 11 is 0. The zero-order valence-corrected chi connectivity index (χ0v) is 14.7. The number of aryl methyl sites for hydroxylation is 2. The minimum atomic E-state index is 0.0442. The molecule has 0 aliphatic carbocycles. The van der Waals surface area contributed by atoms with Crippen LogP contribution in [-0.4, -0.2) is 12.6 Å². The fraction of sp³-hybridized carbons (Fsp3) is 0.667. The minimum absolute atomic E-state index is 0.0442. The van der Waals surface area contributed by atoms with Crippen molar-refractivity contribution in [2.45, 2.75) is 77.6 Å². The lowest BCUT2D eigenvalue weighted by molar-refractivity contribution is -0.153. The molecule has 2 heteroatoms. The topological polar surface area (TPSA) is 26.3 Å². The Bertz CT molecular complexity index is 449. The first-order valence-corrected chi connectivity index (χ1v) is 9.54. The maximum atomic E-state index is 11.6. The molecule has 0 saturated carbocycles. The van der Waals surface area contributed by atoms with Crippen LogP contribution in [0.25, 0.3) is 0 Å². The number of cyclic esters (lactones) is 1. The quantitative estimate of drug-likeness (QED) is 0.422. The van der Waals surface area contributed by atoms with E-state index in [2.05, 4.69) is 31.2 Å². The van der Waals surface area contributed by atoms with Crippen LogP contribution < -0.4 is 0 Å². The average Bonchev–Trinajstić information content (AvgIpc) is 2.57. The van der Waals surface area contributed by atoms with Crippen LogP contribution in [0.2, 0.25) is 0 Å².